The minimum absolute atomic E-state index is 0.112. The van der Waals surface area contributed by atoms with Crippen molar-refractivity contribution in [1.82, 2.24) is 5.32 Å². The van der Waals surface area contributed by atoms with Crippen LogP contribution in [0.25, 0.3) is 0 Å². The van der Waals surface area contributed by atoms with E-state index in [-0.39, 0.29) is 17.2 Å². The van der Waals surface area contributed by atoms with Gasteiger partial charge in [-0.1, -0.05) is 12.1 Å². The Bertz CT molecular complexity index is 989. The van der Waals surface area contributed by atoms with Crippen LogP contribution < -0.4 is 20.1 Å². The summed E-state index contributed by atoms with van der Waals surface area (Å²) in [6, 6.07) is 12.0. The Labute approximate surface area is 170 Å². The fraction of sp³-hybridized carbons (Fsp3) is 0.300. The molecule has 0 atom stereocenters. The molecule has 0 radical (unpaired) electrons. The zero-order valence-corrected chi connectivity index (χ0v) is 17.4. The number of rotatable bonds is 9. The summed E-state index contributed by atoms with van der Waals surface area (Å²) in [6.07, 6.45) is 1.57. The van der Waals surface area contributed by atoms with Crippen LogP contribution in [-0.2, 0) is 14.8 Å². The van der Waals surface area contributed by atoms with Crippen molar-refractivity contribution in [2.45, 2.75) is 20.3 Å². The maximum absolute atomic E-state index is 12.6. The van der Waals surface area contributed by atoms with Gasteiger partial charge < -0.3 is 15.4 Å². The van der Waals surface area contributed by atoms with Crippen LogP contribution in [0.4, 0.5) is 11.4 Å². The summed E-state index contributed by atoms with van der Waals surface area (Å²) < 4.78 is 31.1. The van der Waals surface area contributed by atoms with Crippen LogP contribution in [0, 0.1) is 6.92 Å². The number of nitrogens with one attached hydrogen (secondary N) is 3. The van der Waals surface area contributed by atoms with E-state index >= 15 is 0 Å². The lowest BCUT2D eigenvalue weighted by atomic mass is 10.1. The first-order valence-corrected chi connectivity index (χ1v) is 10.9. The fourth-order valence-corrected chi connectivity index (χ4v) is 3.14. The van der Waals surface area contributed by atoms with Gasteiger partial charge in [0.2, 0.25) is 15.9 Å². The minimum Gasteiger partial charge on any atom is -0.494 e. The molecule has 2 amide bonds. The molecular formula is C20H25N3O5S. The zero-order valence-electron chi connectivity index (χ0n) is 16.6. The lowest BCUT2D eigenvalue weighted by Crippen LogP contribution is -2.27. The van der Waals surface area contributed by atoms with Gasteiger partial charge >= 0.3 is 0 Å². The van der Waals surface area contributed by atoms with Gasteiger partial charge in [0, 0.05) is 19.2 Å². The lowest BCUT2D eigenvalue weighted by Gasteiger charge is -2.13. The normalized spacial score (nSPS) is 10.9. The third kappa shape index (κ3) is 7.82. The third-order valence-corrected chi connectivity index (χ3v) is 4.34. The van der Waals surface area contributed by atoms with E-state index in [1.54, 1.807) is 0 Å². The molecule has 0 bridgehead atoms. The summed E-state index contributed by atoms with van der Waals surface area (Å²) >= 11 is 0. The van der Waals surface area contributed by atoms with Crippen molar-refractivity contribution < 1.29 is 22.7 Å². The summed E-state index contributed by atoms with van der Waals surface area (Å²) in [5.41, 5.74) is 1.74. The predicted octanol–water partition coefficient (Wildman–Crippen LogP) is 2.52. The molecule has 3 N–H and O–H groups in total. The van der Waals surface area contributed by atoms with Crippen molar-refractivity contribution in [2.24, 2.45) is 0 Å². The monoisotopic (exact) mass is 419 g/mol. The molecule has 0 spiro atoms. The second-order valence-electron chi connectivity index (χ2n) is 6.59. The number of hydrogen-bond acceptors (Lipinski definition) is 5. The summed E-state index contributed by atoms with van der Waals surface area (Å²) in [4.78, 5) is 23.8. The second kappa shape index (κ2) is 9.92. The second-order valence-corrected chi connectivity index (χ2v) is 8.34. The summed E-state index contributed by atoms with van der Waals surface area (Å²) in [6.45, 7) is 4.08. The molecule has 0 fully saturated rings. The van der Waals surface area contributed by atoms with Crippen LogP contribution in [0.15, 0.2) is 42.5 Å². The number of ether oxygens (including phenoxy) is 1. The number of carbonyl (C=O) groups is 2. The van der Waals surface area contributed by atoms with Crippen LogP contribution >= 0.6 is 0 Å². The Kier molecular flexibility index (Phi) is 7.60. The molecule has 0 aliphatic carbocycles. The fourth-order valence-electron chi connectivity index (χ4n) is 2.57. The molecule has 2 aromatic carbocycles. The molecule has 0 aliphatic heterocycles. The number of carbonyl (C=O) groups excluding carboxylic acids is 2. The number of hydrogen-bond donors (Lipinski definition) is 3. The van der Waals surface area contributed by atoms with Crippen LogP contribution in [-0.4, -0.2) is 39.6 Å². The number of amides is 2. The number of benzene rings is 2. The van der Waals surface area contributed by atoms with E-state index in [2.05, 4.69) is 15.4 Å². The Morgan fingerprint density at radius 2 is 1.86 bits per heavy atom. The maximum atomic E-state index is 12.6. The van der Waals surface area contributed by atoms with Gasteiger partial charge in [0.05, 0.1) is 24.1 Å². The van der Waals surface area contributed by atoms with Gasteiger partial charge in [0.15, 0.2) is 0 Å². The van der Waals surface area contributed by atoms with Crippen molar-refractivity contribution in [2.75, 3.05) is 29.4 Å². The summed E-state index contributed by atoms with van der Waals surface area (Å²) in [5, 5.41) is 5.31. The first-order chi connectivity index (χ1) is 13.6. The van der Waals surface area contributed by atoms with E-state index < -0.39 is 15.9 Å². The van der Waals surface area contributed by atoms with Crippen molar-refractivity contribution in [3.05, 3.63) is 53.6 Å². The first-order valence-electron chi connectivity index (χ1n) is 9.01. The Hall–Kier alpha value is -3.07. The molecule has 0 saturated carbocycles. The summed E-state index contributed by atoms with van der Waals surface area (Å²) in [5.74, 6) is 0.00589. The molecule has 8 nitrogen and oxygen atoms in total. The molecule has 0 saturated heterocycles. The molecular weight excluding hydrogens is 394 g/mol. The highest BCUT2D eigenvalue weighted by atomic mass is 32.2. The van der Waals surface area contributed by atoms with Gasteiger partial charge in [0.25, 0.3) is 5.91 Å². The van der Waals surface area contributed by atoms with E-state index in [9.17, 15) is 18.0 Å². The van der Waals surface area contributed by atoms with Crippen molar-refractivity contribution >= 4 is 33.2 Å². The minimum atomic E-state index is -3.57. The lowest BCUT2D eigenvalue weighted by molar-refractivity contribution is -0.114. The van der Waals surface area contributed by atoms with Crippen molar-refractivity contribution in [1.29, 1.82) is 0 Å². The first kappa shape index (κ1) is 22.2. The van der Waals surface area contributed by atoms with E-state index in [0.29, 0.717) is 25.3 Å². The molecule has 0 aromatic heterocycles. The SMILES string of the molecule is CC(=O)Nc1ccc(NS(C)(=O)=O)c(C(=O)NCCCOc2cccc(C)c2)c1. The van der Waals surface area contributed by atoms with Crippen LogP contribution in [0.2, 0.25) is 0 Å². The quantitative estimate of drug-likeness (QED) is 0.541. The van der Waals surface area contributed by atoms with Crippen molar-refractivity contribution in [3.8, 4) is 5.75 Å². The van der Waals surface area contributed by atoms with Crippen LogP contribution in [0.5, 0.6) is 5.75 Å². The molecule has 2 aromatic rings. The Morgan fingerprint density at radius 3 is 2.52 bits per heavy atom. The van der Waals surface area contributed by atoms with Gasteiger partial charge in [-0.3, -0.25) is 14.3 Å². The molecule has 29 heavy (non-hydrogen) atoms. The zero-order chi connectivity index (χ0) is 21.4. The van der Waals surface area contributed by atoms with Crippen molar-refractivity contribution in [3.63, 3.8) is 0 Å². The van der Waals surface area contributed by atoms with Crippen LogP contribution in [0.1, 0.15) is 29.3 Å². The Balaban J connectivity index is 1.98. The highest BCUT2D eigenvalue weighted by Gasteiger charge is 2.15. The molecule has 0 unspecified atom stereocenters. The maximum Gasteiger partial charge on any atom is 0.253 e. The molecule has 9 heteroatoms. The molecule has 156 valence electrons. The van der Waals surface area contributed by atoms with Gasteiger partial charge in [-0.25, -0.2) is 8.42 Å². The van der Waals surface area contributed by atoms with E-state index in [4.69, 9.17) is 4.74 Å². The average Bonchev–Trinajstić information content (AvgIpc) is 2.61. The predicted molar refractivity (Wildman–Crippen MR) is 113 cm³/mol. The number of sulfonamides is 1. The number of aryl methyl sites for hydroxylation is 1. The highest BCUT2D eigenvalue weighted by molar-refractivity contribution is 7.92. The van der Waals surface area contributed by atoms with Gasteiger partial charge in [-0.05, 0) is 49.2 Å². The average molecular weight is 420 g/mol. The van der Waals surface area contributed by atoms with Gasteiger partial charge in [-0.15, -0.1) is 0 Å². The standard InChI is InChI=1S/C20H25N3O5S/c1-14-6-4-7-17(12-14)28-11-5-10-21-20(25)18-13-16(22-15(2)24)8-9-19(18)23-29(3,26)27/h4,6-9,12-13,23H,5,10-11H2,1-3H3,(H,21,25)(H,22,24). The third-order valence-electron chi connectivity index (χ3n) is 3.74. The largest absolute Gasteiger partial charge is 0.494 e. The van der Waals surface area contributed by atoms with Crippen LogP contribution in [0.3, 0.4) is 0 Å². The molecule has 0 heterocycles. The highest BCUT2D eigenvalue weighted by Crippen LogP contribution is 2.22. The topological polar surface area (TPSA) is 114 Å². The smallest absolute Gasteiger partial charge is 0.253 e. The van der Waals surface area contributed by atoms with Gasteiger partial charge in [0.1, 0.15) is 5.75 Å². The van der Waals surface area contributed by atoms with E-state index in [0.717, 1.165) is 17.6 Å². The van der Waals surface area contributed by atoms with Gasteiger partial charge in [-0.2, -0.15) is 0 Å². The summed E-state index contributed by atoms with van der Waals surface area (Å²) in [7, 11) is -3.57. The Morgan fingerprint density at radius 1 is 1.10 bits per heavy atom. The molecule has 0 aliphatic rings. The number of anilines is 2. The van der Waals surface area contributed by atoms with E-state index in [1.807, 2.05) is 31.2 Å². The van der Waals surface area contributed by atoms with E-state index in [1.165, 1.54) is 25.1 Å². The molecule has 2 rings (SSSR count).